The van der Waals surface area contributed by atoms with Crippen LogP contribution >= 0.6 is 0 Å². The number of alkyl halides is 6. The average Bonchev–Trinajstić information content (AvgIpc) is 3.01. The maximum atomic E-state index is 12.8. The first kappa shape index (κ1) is 39.5. The number of alkyl carbamates (subject to hydrolysis) is 1. The van der Waals surface area contributed by atoms with Crippen molar-refractivity contribution in [1.29, 1.82) is 5.41 Å². The minimum absolute atomic E-state index is 0.0492. The Morgan fingerprint density at radius 1 is 0.896 bits per heavy atom. The molecule has 0 saturated heterocycles. The number of nitrogens with one attached hydrogen (secondary N) is 4. The number of methoxy groups -OCH3 is 1. The van der Waals surface area contributed by atoms with Crippen LogP contribution in [0.2, 0.25) is 0 Å². The number of hydrogen-bond acceptors (Lipinski definition) is 9. The van der Waals surface area contributed by atoms with Crippen molar-refractivity contribution in [2.24, 2.45) is 0 Å². The summed E-state index contributed by atoms with van der Waals surface area (Å²) in [5.41, 5.74) is -0.609. The molecule has 12 nitrogen and oxygen atoms in total. The van der Waals surface area contributed by atoms with E-state index in [4.69, 9.17) is 19.6 Å². The molecule has 18 heteroatoms. The molecule has 2 aromatic carbocycles. The number of hydrogen-bond donors (Lipinski definition) is 4. The fraction of sp³-hybridized carbons (Fsp3) is 0.433. The van der Waals surface area contributed by atoms with Gasteiger partial charge in [0.2, 0.25) is 6.10 Å². The standard InChI is InChI=1S/C30H34F6N4O8/c1-28(2,45-3)25(43)39-21(22(41)17-46-24(29(31,32)33)30(34,35)36)10-7-15-38-26(37)40-27(44)47-16-18-11-13-20(14-12-18)48-23(42)19-8-5-4-6-9-19/h4-6,8-9,11-14,21,24H,7,10,15-17H2,1-3H3,(H,39,43)(H3,37,38,40,44)/t21-/m0/s1. The van der Waals surface area contributed by atoms with Crippen molar-refractivity contribution >= 4 is 29.7 Å². The van der Waals surface area contributed by atoms with Crippen molar-refractivity contribution in [3.8, 4) is 5.75 Å². The van der Waals surface area contributed by atoms with Crippen LogP contribution in [0.4, 0.5) is 31.1 Å². The zero-order valence-electron chi connectivity index (χ0n) is 25.9. The zero-order valence-corrected chi connectivity index (χ0v) is 25.9. The summed E-state index contributed by atoms with van der Waals surface area (Å²) >= 11 is 0. The third-order valence-corrected chi connectivity index (χ3v) is 6.45. The molecule has 264 valence electrons. The number of halogens is 6. The van der Waals surface area contributed by atoms with Gasteiger partial charge >= 0.3 is 24.4 Å². The number of rotatable bonds is 15. The van der Waals surface area contributed by atoms with Crippen LogP contribution in [0.5, 0.6) is 5.75 Å². The Bertz CT molecular complexity index is 1390. The summed E-state index contributed by atoms with van der Waals surface area (Å²) in [6, 6.07) is 12.8. The number of benzene rings is 2. The quantitative estimate of drug-likeness (QED) is 0.0528. The van der Waals surface area contributed by atoms with E-state index in [1.807, 2.05) is 0 Å². The normalized spacial score (nSPS) is 12.5. The maximum absolute atomic E-state index is 12.8. The van der Waals surface area contributed by atoms with Crippen molar-refractivity contribution in [3.05, 3.63) is 65.7 Å². The molecular formula is C30H34F6N4O8. The summed E-state index contributed by atoms with van der Waals surface area (Å²) in [4.78, 5) is 49.3. The number of ketones is 1. The molecule has 0 bridgehead atoms. The molecule has 48 heavy (non-hydrogen) atoms. The first-order valence-corrected chi connectivity index (χ1v) is 14.1. The van der Waals surface area contributed by atoms with Crippen LogP contribution in [0.3, 0.4) is 0 Å². The third kappa shape index (κ3) is 13.2. The number of amides is 2. The fourth-order valence-electron chi connectivity index (χ4n) is 3.62. The van der Waals surface area contributed by atoms with E-state index in [-0.39, 0.29) is 31.7 Å². The minimum Gasteiger partial charge on any atom is -0.444 e. The van der Waals surface area contributed by atoms with Gasteiger partial charge in [-0.25, -0.2) is 9.59 Å². The van der Waals surface area contributed by atoms with Gasteiger partial charge in [0.1, 0.15) is 24.6 Å². The van der Waals surface area contributed by atoms with Gasteiger partial charge in [0.15, 0.2) is 11.7 Å². The van der Waals surface area contributed by atoms with Crippen LogP contribution in [0.25, 0.3) is 0 Å². The van der Waals surface area contributed by atoms with E-state index in [1.54, 1.807) is 42.5 Å². The summed E-state index contributed by atoms with van der Waals surface area (Å²) < 4.78 is 96.0. The van der Waals surface area contributed by atoms with Crippen molar-refractivity contribution < 1.29 is 64.5 Å². The molecule has 0 spiro atoms. The monoisotopic (exact) mass is 692 g/mol. The van der Waals surface area contributed by atoms with Gasteiger partial charge in [-0.15, -0.1) is 0 Å². The molecule has 0 fully saturated rings. The Morgan fingerprint density at radius 2 is 1.50 bits per heavy atom. The molecule has 0 saturated carbocycles. The van der Waals surface area contributed by atoms with Gasteiger partial charge in [0.05, 0.1) is 11.6 Å². The lowest BCUT2D eigenvalue weighted by molar-refractivity contribution is -0.319. The first-order valence-electron chi connectivity index (χ1n) is 14.1. The second-order valence-corrected chi connectivity index (χ2v) is 10.5. The molecular weight excluding hydrogens is 658 g/mol. The van der Waals surface area contributed by atoms with Crippen LogP contribution < -0.4 is 20.7 Å². The second kappa shape index (κ2) is 17.4. The van der Waals surface area contributed by atoms with Crippen molar-refractivity contribution in [2.45, 2.75) is 63.4 Å². The predicted octanol–water partition coefficient (Wildman–Crippen LogP) is 4.43. The number of ether oxygens (including phenoxy) is 4. The molecule has 1 atom stereocenters. The van der Waals surface area contributed by atoms with Gasteiger partial charge < -0.3 is 29.6 Å². The van der Waals surface area contributed by atoms with E-state index in [2.05, 4.69) is 20.7 Å². The second-order valence-electron chi connectivity index (χ2n) is 10.5. The molecule has 0 aliphatic heterocycles. The zero-order chi connectivity index (χ0) is 36.1. The number of Topliss-reactive ketones (excluding diaryl/α,β-unsaturated/α-hetero) is 1. The molecule has 0 aliphatic carbocycles. The van der Waals surface area contributed by atoms with Gasteiger partial charge in [-0.2, -0.15) is 26.3 Å². The van der Waals surface area contributed by atoms with Gasteiger partial charge in [0, 0.05) is 13.7 Å². The molecule has 2 aromatic rings. The summed E-state index contributed by atoms with van der Waals surface area (Å²) in [5.74, 6) is -2.97. The highest BCUT2D eigenvalue weighted by atomic mass is 19.4. The lowest BCUT2D eigenvalue weighted by atomic mass is 10.0. The van der Waals surface area contributed by atoms with Gasteiger partial charge in [-0.1, -0.05) is 30.3 Å². The topological polar surface area (TPSA) is 165 Å². The Balaban J connectivity index is 1.84. The van der Waals surface area contributed by atoms with E-state index >= 15 is 0 Å². The van der Waals surface area contributed by atoms with E-state index in [0.29, 0.717) is 11.1 Å². The molecule has 0 unspecified atom stereocenters. The molecule has 0 radical (unpaired) electrons. The molecule has 2 rings (SSSR count). The van der Waals surface area contributed by atoms with Crippen molar-refractivity contribution in [2.75, 3.05) is 20.3 Å². The molecule has 0 heterocycles. The highest BCUT2D eigenvalue weighted by Gasteiger charge is 2.58. The van der Waals surface area contributed by atoms with E-state index in [0.717, 1.165) is 0 Å². The molecule has 4 N–H and O–H groups in total. The van der Waals surface area contributed by atoms with Crippen molar-refractivity contribution in [1.82, 2.24) is 16.0 Å². The largest absolute Gasteiger partial charge is 0.444 e. The van der Waals surface area contributed by atoms with Crippen LogP contribution in [-0.4, -0.2) is 80.1 Å². The SMILES string of the molecule is COC(C)(C)C(=O)N[C@@H](CCCNC(=N)NC(=O)OCc1ccc(OC(=O)c2ccccc2)cc1)C(=O)COC(C(F)(F)F)C(F)(F)F. The minimum atomic E-state index is -5.84. The Labute approximate surface area is 270 Å². The Kier molecular flexibility index (Phi) is 14.3. The average molecular weight is 693 g/mol. The molecule has 0 aliphatic rings. The maximum Gasteiger partial charge on any atom is 0.423 e. The highest BCUT2D eigenvalue weighted by molar-refractivity contribution is 5.93. The van der Waals surface area contributed by atoms with Crippen LogP contribution in [0, 0.1) is 5.41 Å². The van der Waals surface area contributed by atoms with Gasteiger partial charge in [-0.05, 0) is 56.5 Å². The van der Waals surface area contributed by atoms with E-state index in [9.17, 15) is 45.5 Å². The fourth-order valence-corrected chi connectivity index (χ4v) is 3.62. The number of guanidine groups is 1. The van der Waals surface area contributed by atoms with Crippen molar-refractivity contribution in [3.63, 3.8) is 0 Å². The van der Waals surface area contributed by atoms with E-state index in [1.165, 1.54) is 33.1 Å². The summed E-state index contributed by atoms with van der Waals surface area (Å²) in [7, 11) is 1.17. The van der Waals surface area contributed by atoms with Crippen LogP contribution in [-0.2, 0) is 30.4 Å². The smallest absolute Gasteiger partial charge is 0.423 e. The number of carbonyl (C=O) groups excluding carboxylic acids is 4. The lowest BCUT2D eigenvalue weighted by Crippen LogP contribution is -2.52. The van der Waals surface area contributed by atoms with Crippen LogP contribution in [0.15, 0.2) is 54.6 Å². The summed E-state index contributed by atoms with van der Waals surface area (Å²) in [6.45, 7) is 0.690. The third-order valence-electron chi connectivity index (χ3n) is 6.45. The Hall–Kier alpha value is -4.71. The highest BCUT2D eigenvalue weighted by Crippen LogP contribution is 2.35. The first-order chi connectivity index (χ1) is 22.3. The number of esters is 1. The van der Waals surface area contributed by atoms with Gasteiger partial charge in [-0.3, -0.25) is 20.3 Å². The van der Waals surface area contributed by atoms with E-state index < -0.39 is 66.4 Å². The summed E-state index contributed by atoms with van der Waals surface area (Å²) in [5, 5.41) is 14.6. The predicted molar refractivity (Wildman–Crippen MR) is 156 cm³/mol. The Morgan fingerprint density at radius 3 is 2.06 bits per heavy atom. The number of carbonyl (C=O) groups is 4. The van der Waals surface area contributed by atoms with Gasteiger partial charge in [0.25, 0.3) is 5.91 Å². The molecule has 0 aromatic heterocycles. The van der Waals surface area contributed by atoms with Crippen LogP contribution in [0.1, 0.15) is 42.6 Å². The lowest BCUT2D eigenvalue weighted by Gasteiger charge is -2.27. The molecule has 2 amide bonds. The summed E-state index contributed by atoms with van der Waals surface area (Å²) in [6.07, 6.45) is -17.2.